The van der Waals surface area contributed by atoms with Gasteiger partial charge in [-0.25, -0.2) is 38.0 Å². The number of alkyl carbamates (subject to hydrolysis) is 1. The summed E-state index contributed by atoms with van der Waals surface area (Å²) in [6.07, 6.45) is 0.257. The van der Waals surface area contributed by atoms with Gasteiger partial charge in [-0.1, -0.05) is 39.0 Å². The van der Waals surface area contributed by atoms with Crippen LogP contribution in [-0.4, -0.2) is 144 Å². The Morgan fingerprint density at radius 3 is 2.43 bits per heavy atom. The quantitative estimate of drug-likeness (QED) is 0.0323. The van der Waals surface area contributed by atoms with E-state index in [1.54, 1.807) is 11.9 Å². The van der Waals surface area contributed by atoms with Crippen LogP contribution in [0.4, 0.5) is 16.3 Å². The van der Waals surface area contributed by atoms with Crippen molar-refractivity contribution in [2.45, 2.75) is 128 Å². The van der Waals surface area contributed by atoms with Gasteiger partial charge < -0.3 is 60.3 Å². The Labute approximate surface area is 484 Å². The zero-order chi connectivity index (χ0) is 60.4. The standard InChI is InChI=1S/C55H72N11O15P3/c1-8-66-40-26-39-37(25-36(40)31(2)27-54(66,3)4)43(38-24-32-14-11-22-64-23-12-17-35(46(32)64)44(38)55(39,5)6)33-15-9-10-16-34(33)51(69)63(7)21-13-18-42(67)57-19-20-58-53(70)80-48-47(68)41(28-78-84(76,77)81-83(74,75)62-82(71,72)73)79-52(48)65-30-61-45-49(56)59-29-60-50(45)65/h9-10,15-16,24-26,29-31,41,47-48,52,68H,8,11-14,17-23,27-28H2,1-7H3,(H8-,56,57,58,59,60,62,67,70,71,72,73,74,75,76,77)/p+1/t31?,41-,47-,48-,52-/m1/s1. The zero-order valence-electron chi connectivity index (χ0n) is 47.9. The molecule has 0 saturated carbocycles. The lowest BCUT2D eigenvalue weighted by Gasteiger charge is -2.48. The summed E-state index contributed by atoms with van der Waals surface area (Å²) in [4.78, 5) is 96.3. The molecule has 3 unspecified atom stereocenters. The summed E-state index contributed by atoms with van der Waals surface area (Å²) in [5.41, 5.74) is 17.5. The first-order valence-electron chi connectivity index (χ1n) is 28.1. The molecule has 3 amide bonds. The molecule has 5 aliphatic rings. The van der Waals surface area contributed by atoms with Gasteiger partial charge >= 0.3 is 29.4 Å². The maximum Gasteiger partial charge on any atom is 0.480 e. The first-order valence-corrected chi connectivity index (χ1v) is 32.7. The van der Waals surface area contributed by atoms with Crippen LogP contribution in [0.2, 0.25) is 0 Å². The molecule has 0 spiro atoms. The summed E-state index contributed by atoms with van der Waals surface area (Å²) in [6.45, 7) is 16.0. The highest BCUT2D eigenvalue weighted by molar-refractivity contribution is 7.70. The minimum Gasteiger partial charge on any atom is -0.439 e. The molecule has 4 aliphatic heterocycles. The Bertz CT molecular complexity index is 3740. The van der Waals surface area contributed by atoms with Crippen LogP contribution in [0.15, 0.2) is 55.1 Å². The molecule has 7 atom stereocenters. The second-order valence-electron chi connectivity index (χ2n) is 23.3. The number of anilines is 2. The third-order valence-corrected chi connectivity index (χ3v) is 20.9. The third-order valence-electron chi connectivity index (χ3n) is 16.7. The van der Waals surface area contributed by atoms with E-state index in [4.69, 9.17) is 29.5 Å². The Balaban J connectivity index is 0.804. The van der Waals surface area contributed by atoms with Crippen molar-refractivity contribution in [3.8, 4) is 0 Å². The number of nitrogens with two attached hydrogens (primary N) is 1. The van der Waals surface area contributed by atoms with Crippen molar-refractivity contribution in [1.29, 1.82) is 0 Å². The van der Waals surface area contributed by atoms with E-state index in [0.29, 0.717) is 17.9 Å². The molecule has 2 aromatic heterocycles. The van der Waals surface area contributed by atoms with Gasteiger partial charge in [0.2, 0.25) is 11.3 Å². The number of nitrogen functional groups attached to an aromatic ring is 1. The van der Waals surface area contributed by atoms with Crippen molar-refractivity contribution in [3.63, 3.8) is 0 Å². The normalized spacial score (nSPS) is 22.7. The lowest BCUT2D eigenvalue weighted by Crippen LogP contribution is -2.50. The van der Waals surface area contributed by atoms with Crippen LogP contribution in [0.1, 0.15) is 135 Å². The minimum atomic E-state index is -5.62. The van der Waals surface area contributed by atoms with Crippen molar-refractivity contribution < 1.29 is 71.1 Å². The number of aryl methyl sites for hydroxylation is 1. The van der Waals surface area contributed by atoms with Gasteiger partial charge in [-0.2, -0.15) is 4.31 Å². The van der Waals surface area contributed by atoms with Crippen LogP contribution >= 0.6 is 23.3 Å². The summed E-state index contributed by atoms with van der Waals surface area (Å²) in [6, 6.07) is 15.2. The highest BCUT2D eigenvalue weighted by Gasteiger charge is 2.50. The van der Waals surface area contributed by atoms with Crippen molar-refractivity contribution in [2.75, 3.05) is 63.6 Å². The fourth-order valence-corrected chi connectivity index (χ4v) is 16.7. The number of aliphatic hydroxyl groups is 1. The number of aliphatic hydroxyl groups excluding tert-OH is 1. The van der Waals surface area contributed by atoms with Gasteiger partial charge in [-0.05, 0) is 115 Å². The Morgan fingerprint density at radius 2 is 1.69 bits per heavy atom. The molecule has 0 bridgehead atoms. The molecule has 1 fully saturated rings. The van der Waals surface area contributed by atoms with Crippen LogP contribution < -0.4 is 41.3 Å². The summed E-state index contributed by atoms with van der Waals surface area (Å²) >= 11 is 0. The molecular formula is C55H73N11O15P3+. The van der Waals surface area contributed by atoms with Crippen molar-refractivity contribution >= 4 is 69.5 Å². The molecule has 452 valence electrons. The summed E-state index contributed by atoms with van der Waals surface area (Å²) in [7, 11) is -14.9. The zero-order valence-corrected chi connectivity index (χ0v) is 50.5. The molecule has 6 heterocycles. The van der Waals surface area contributed by atoms with Crippen LogP contribution in [0.5, 0.6) is 0 Å². The number of hydrogen-bond acceptors (Lipinski definition) is 16. The molecule has 0 radical (unpaired) electrons. The molecule has 10 N–H and O–H groups in total. The van der Waals surface area contributed by atoms with E-state index in [1.165, 1.54) is 55.0 Å². The first kappa shape index (κ1) is 61.1. The van der Waals surface area contributed by atoms with Gasteiger partial charge in [0.15, 0.2) is 23.8 Å². The van der Waals surface area contributed by atoms with E-state index in [9.17, 15) is 43.0 Å². The fraction of sp³-hybridized carbons (Fsp3) is 0.509. The number of amides is 3. The number of benzene rings is 3. The Kier molecular flexibility index (Phi) is 17.0. The number of hydrogen-bond donors (Lipinski definition) is 9. The average molecular weight is 1220 g/mol. The predicted molar refractivity (Wildman–Crippen MR) is 309 cm³/mol. The minimum absolute atomic E-state index is 0.0221. The summed E-state index contributed by atoms with van der Waals surface area (Å²) < 4.78 is 59.8. The van der Waals surface area contributed by atoms with E-state index in [-0.39, 0.29) is 65.8 Å². The number of ether oxygens (including phenoxy) is 2. The van der Waals surface area contributed by atoms with E-state index in [0.717, 1.165) is 79.6 Å². The predicted octanol–water partition coefficient (Wildman–Crippen LogP) is 3.73. The number of rotatable bonds is 19. The number of fused-ring (bicyclic) bond motifs is 5. The van der Waals surface area contributed by atoms with Gasteiger partial charge in [0.05, 0.1) is 12.9 Å². The lowest BCUT2D eigenvalue weighted by molar-refractivity contribution is -0.121. The van der Waals surface area contributed by atoms with Crippen LogP contribution in [-0.2, 0) is 55.1 Å². The van der Waals surface area contributed by atoms with Gasteiger partial charge in [0.1, 0.15) is 37.1 Å². The molecule has 5 aromatic rings. The molecule has 10 rings (SSSR count). The van der Waals surface area contributed by atoms with Crippen molar-refractivity contribution in [3.05, 3.63) is 110 Å². The number of aromatic nitrogens is 4. The molecule has 26 nitrogen and oxygen atoms in total. The molecular weight excluding hydrogens is 1150 g/mol. The number of phosphoric ester groups is 1. The topological polar surface area (TPSA) is 356 Å². The maximum absolute atomic E-state index is 14.9. The number of carbonyl (C=O) groups is 3. The number of imidazole rings is 1. The van der Waals surface area contributed by atoms with Crippen LogP contribution in [0.3, 0.4) is 0 Å². The molecule has 84 heavy (non-hydrogen) atoms. The van der Waals surface area contributed by atoms with E-state index in [2.05, 4.69) is 105 Å². The second kappa shape index (κ2) is 23.4. The summed E-state index contributed by atoms with van der Waals surface area (Å²) in [5, 5.41) is 19.2. The molecule has 3 aromatic carbocycles. The second-order valence-corrected chi connectivity index (χ2v) is 28.0. The van der Waals surface area contributed by atoms with Gasteiger partial charge in [0.25, 0.3) is 5.91 Å². The van der Waals surface area contributed by atoms with Gasteiger partial charge in [-0.3, -0.25) is 18.7 Å². The molecule has 29 heteroatoms. The highest BCUT2D eigenvalue weighted by Crippen LogP contribution is 2.61. The van der Waals surface area contributed by atoms with Crippen molar-refractivity contribution in [1.82, 2.24) is 44.5 Å². The molecule has 1 aliphatic carbocycles. The largest absolute Gasteiger partial charge is 0.480 e. The molecule has 1 saturated heterocycles. The first-order chi connectivity index (χ1) is 39.6. The number of nitrogens with one attached hydrogen (secondary N) is 3. The smallest absolute Gasteiger partial charge is 0.439 e. The number of nitrogens with zero attached hydrogens (tertiary/aromatic N) is 7. The SMILES string of the molecule is CCN1c2cc3c(cc2C(C)CC1(C)C)C(c1ccccc1C(=O)N(C)CCCC(=O)NCCNC(=O)O[C@@H]1[C@H](O)[C@@H](COP(=O)(O)OP(=O)(O)NP(=O)(O)O)O[C@H]1n1cnc2c(N)ncnc21)=c1cc2c4c(c1C3(C)C)CCC[N+]=4CCC2. The van der Waals surface area contributed by atoms with Crippen LogP contribution in [0, 0.1) is 0 Å². The monoisotopic (exact) mass is 1220 g/mol. The number of carbonyl (C=O) groups excluding carboxylic acids is 3. The van der Waals surface area contributed by atoms with Gasteiger partial charge in [0, 0.05) is 85.8 Å². The summed E-state index contributed by atoms with van der Waals surface area (Å²) in [5.74, 6) is -0.226. The Hall–Kier alpha value is -5.98. The Morgan fingerprint density at radius 1 is 0.964 bits per heavy atom. The van der Waals surface area contributed by atoms with E-state index in [1.807, 2.05) is 18.2 Å². The fourth-order valence-electron chi connectivity index (χ4n) is 13.3. The maximum atomic E-state index is 14.9. The third kappa shape index (κ3) is 12.1. The van der Waals surface area contributed by atoms with Gasteiger partial charge in [-0.15, -0.1) is 4.86 Å². The lowest BCUT2D eigenvalue weighted by atomic mass is 9.64. The average Bonchev–Trinajstić information content (AvgIpc) is 0.898. The van der Waals surface area contributed by atoms with Crippen LogP contribution in [0.25, 0.3) is 16.7 Å². The highest BCUT2D eigenvalue weighted by atomic mass is 31.3. The number of phosphoric acid groups is 1. The van der Waals surface area contributed by atoms with E-state index >= 15 is 0 Å². The van der Waals surface area contributed by atoms with Crippen molar-refractivity contribution in [2.24, 2.45) is 0 Å². The van der Waals surface area contributed by atoms with E-state index < -0.39 is 60.6 Å².